The fourth-order valence-corrected chi connectivity index (χ4v) is 1.47. The summed E-state index contributed by atoms with van der Waals surface area (Å²) < 4.78 is 44.3. The van der Waals surface area contributed by atoms with E-state index in [9.17, 15) is 12.8 Å². The number of hydrogen-bond donors (Lipinski definition) is 1. The normalized spacial score (nSPS) is 11.4. The van der Waals surface area contributed by atoms with Crippen molar-refractivity contribution < 1.29 is 22.3 Å². The van der Waals surface area contributed by atoms with Gasteiger partial charge in [-0.05, 0) is 6.07 Å². The Bertz CT molecular complexity index is 446. The van der Waals surface area contributed by atoms with Crippen LogP contribution in [0.1, 0.15) is 0 Å². The lowest BCUT2D eigenvalue weighted by Gasteiger charge is -2.06. The highest BCUT2D eigenvalue weighted by Crippen LogP contribution is 2.19. The largest absolute Gasteiger partial charge is 0.467 e. The Labute approximate surface area is 86.7 Å². The maximum absolute atomic E-state index is 12.9. The molecule has 5 nitrogen and oxygen atoms in total. The molecular weight excluding hydrogens is 225 g/mol. The molecule has 0 aliphatic rings. The van der Waals surface area contributed by atoms with Gasteiger partial charge in [0.05, 0.1) is 4.90 Å². The number of rotatable bonds is 4. The summed E-state index contributed by atoms with van der Waals surface area (Å²) in [7, 11) is -2.54. The maximum Gasteiger partial charge on any atom is 0.238 e. The van der Waals surface area contributed by atoms with E-state index in [4.69, 9.17) is 9.88 Å². The van der Waals surface area contributed by atoms with Crippen LogP contribution in [0.3, 0.4) is 0 Å². The van der Waals surface area contributed by atoms with Gasteiger partial charge in [-0.2, -0.15) is 0 Å². The van der Waals surface area contributed by atoms with Gasteiger partial charge in [-0.3, -0.25) is 0 Å². The monoisotopic (exact) mass is 235 g/mol. The molecule has 0 radical (unpaired) electrons. The predicted octanol–water partition coefficient (Wildman–Crippen LogP) is 0.456. The highest BCUT2D eigenvalue weighted by Gasteiger charge is 2.11. The Kier molecular flexibility index (Phi) is 3.61. The van der Waals surface area contributed by atoms with E-state index in [0.29, 0.717) is 0 Å². The van der Waals surface area contributed by atoms with Gasteiger partial charge >= 0.3 is 0 Å². The highest BCUT2D eigenvalue weighted by molar-refractivity contribution is 7.89. The second-order valence-electron chi connectivity index (χ2n) is 2.72. The Hall–Kier alpha value is -1.18. The van der Waals surface area contributed by atoms with Crippen LogP contribution in [0.5, 0.6) is 5.75 Å². The topological polar surface area (TPSA) is 78.6 Å². The molecule has 0 spiro atoms. The van der Waals surface area contributed by atoms with Gasteiger partial charge in [-0.15, -0.1) is 0 Å². The quantitative estimate of drug-likeness (QED) is 0.769. The van der Waals surface area contributed by atoms with E-state index in [0.717, 1.165) is 18.2 Å². The molecular formula is C8H10FNO4S. The molecule has 0 saturated carbocycles. The molecule has 0 amide bonds. The molecule has 0 atom stereocenters. The first kappa shape index (κ1) is 11.9. The average Bonchev–Trinajstić information content (AvgIpc) is 2.12. The molecule has 84 valence electrons. The SMILES string of the molecule is COCOc1cc(F)cc(S(N)(=O)=O)c1. The summed E-state index contributed by atoms with van der Waals surface area (Å²) in [5, 5.41) is 4.84. The van der Waals surface area contributed by atoms with E-state index in [1.165, 1.54) is 7.11 Å². The maximum atomic E-state index is 12.9. The summed E-state index contributed by atoms with van der Waals surface area (Å²) in [6.07, 6.45) is 0. The van der Waals surface area contributed by atoms with E-state index < -0.39 is 15.8 Å². The molecule has 0 bridgehead atoms. The second kappa shape index (κ2) is 4.56. The van der Waals surface area contributed by atoms with Crippen molar-refractivity contribution in [1.29, 1.82) is 0 Å². The number of methoxy groups -OCH3 is 1. The molecule has 15 heavy (non-hydrogen) atoms. The number of nitrogens with two attached hydrogens (primary N) is 1. The highest BCUT2D eigenvalue weighted by atomic mass is 32.2. The first-order chi connectivity index (χ1) is 6.93. The van der Waals surface area contributed by atoms with Crippen LogP contribution < -0.4 is 9.88 Å². The molecule has 0 heterocycles. The second-order valence-corrected chi connectivity index (χ2v) is 4.28. The summed E-state index contributed by atoms with van der Waals surface area (Å²) in [6.45, 7) is -0.104. The van der Waals surface area contributed by atoms with E-state index in [1.54, 1.807) is 0 Å². The number of sulfonamides is 1. The molecule has 0 unspecified atom stereocenters. The van der Waals surface area contributed by atoms with E-state index in [1.807, 2.05) is 0 Å². The van der Waals surface area contributed by atoms with Crippen molar-refractivity contribution in [2.24, 2.45) is 5.14 Å². The molecule has 1 aromatic carbocycles. The van der Waals surface area contributed by atoms with Crippen molar-refractivity contribution in [3.63, 3.8) is 0 Å². The Morgan fingerprint density at radius 2 is 2.07 bits per heavy atom. The zero-order valence-corrected chi connectivity index (χ0v) is 8.75. The smallest absolute Gasteiger partial charge is 0.238 e. The number of halogens is 1. The van der Waals surface area contributed by atoms with Gasteiger partial charge in [0.25, 0.3) is 0 Å². The van der Waals surface area contributed by atoms with Crippen LogP contribution in [0.2, 0.25) is 0 Å². The minimum absolute atomic E-state index is 0.0425. The molecule has 1 aromatic rings. The molecule has 0 fully saturated rings. The zero-order valence-electron chi connectivity index (χ0n) is 7.94. The Morgan fingerprint density at radius 3 is 2.60 bits per heavy atom. The van der Waals surface area contributed by atoms with Gasteiger partial charge in [-0.25, -0.2) is 17.9 Å². The third kappa shape index (κ3) is 3.46. The fourth-order valence-electron chi connectivity index (χ4n) is 0.912. The molecule has 0 aliphatic heterocycles. The first-order valence-electron chi connectivity index (χ1n) is 3.88. The Morgan fingerprint density at radius 1 is 1.40 bits per heavy atom. The predicted molar refractivity (Wildman–Crippen MR) is 50.3 cm³/mol. The number of benzene rings is 1. The summed E-state index contributed by atoms with van der Waals surface area (Å²) in [5.74, 6) is -0.700. The minimum atomic E-state index is -3.93. The van der Waals surface area contributed by atoms with Crippen molar-refractivity contribution in [1.82, 2.24) is 0 Å². The van der Waals surface area contributed by atoms with Crippen molar-refractivity contribution in [3.05, 3.63) is 24.0 Å². The Balaban J connectivity index is 3.06. The van der Waals surface area contributed by atoms with Crippen molar-refractivity contribution >= 4 is 10.0 Å². The molecule has 0 aromatic heterocycles. The number of primary sulfonamides is 1. The molecule has 0 aliphatic carbocycles. The van der Waals surface area contributed by atoms with Crippen molar-refractivity contribution in [2.45, 2.75) is 4.90 Å². The van der Waals surface area contributed by atoms with Crippen LogP contribution in [0.15, 0.2) is 23.1 Å². The third-order valence-electron chi connectivity index (χ3n) is 1.52. The molecule has 7 heteroatoms. The first-order valence-corrected chi connectivity index (χ1v) is 5.43. The fraction of sp³-hybridized carbons (Fsp3) is 0.250. The van der Waals surface area contributed by atoms with Gasteiger partial charge < -0.3 is 9.47 Å². The minimum Gasteiger partial charge on any atom is -0.467 e. The lowest BCUT2D eigenvalue weighted by molar-refractivity contribution is 0.0507. The van der Waals surface area contributed by atoms with Gasteiger partial charge in [-0.1, -0.05) is 0 Å². The van der Waals surface area contributed by atoms with Crippen molar-refractivity contribution in [2.75, 3.05) is 13.9 Å². The molecule has 0 saturated heterocycles. The number of hydrogen-bond acceptors (Lipinski definition) is 4. The molecule has 1 rings (SSSR count). The molecule has 2 N–H and O–H groups in total. The summed E-state index contributed by atoms with van der Waals surface area (Å²) in [6, 6.07) is 2.97. The summed E-state index contributed by atoms with van der Waals surface area (Å²) in [5.41, 5.74) is 0. The zero-order chi connectivity index (χ0) is 11.5. The van der Waals surface area contributed by atoms with Crippen LogP contribution in [0.25, 0.3) is 0 Å². The lowest BCUT2D eigenvalue weighted by atomic mass is 10.3. The van der Waals surface area contributed by atoms with E-state index in [-0.39, 0.29) is 17.4 Å². The summed E-state index contributed by atoms with van der Waals surface area (Å²) in [4.78, 5) is -0.339. The van der Waals surface area contributed by atoms with Gasteiger partial charge in [0.2, 0.25) is 10.0 Å². The van der Waals surface area contributed by atoms with Crippen molar-refractivity contribution in [3.8, 4) is 5.75 Å². The van der Waals surface area contributed by atoms with E-state index >= 15 is 0 Å². The van der Waals surface area contributed by atoms with Gasteiger partial charge in [0, 0.05) is 19.2 Å². The van der Waals surface area contributed by atoms with Crippen LogP contribution >= 0.6 is 0 Å². The van der Waals surface area contributed by atoms with Crippen LogP contribution in [0, 0.1) is 5.82 Å². The standard InChI is InChI=1S/C8H10FNO4S/c1-13-5-14-7-2-6(9)3-8(4-7)15(10,11)12/h2-4H,5H2,1H3,(H2,10,11,12). The van der Waals surface area contributed by atoms with Crippen LogP contribution in [0.4, 0.5) is 4.39 Å². The van der Waals surface area contributed by atoms with Crippen LogP contribution in [-0.2, 0) is 14.8 Å². The summed E-state index contributed by atoms with van der Waals surface area (Å²) >= 11 is 0. The van der Waals surface area contributed by atoms with Crippen LogP contribution in [-0.4, -0.2) is 22.3 Å². The van der Waals surface area contributed by atoms with Gasteiger partial charge in [0.1, 0.15) is 11.6 Å². The third-order valence-corrected chi connectivity index (χ3v) is 2.41. The number of ether oxygens (including phenoxy) is 2. The average molecular weight is 235 g/mol. The lowest BCUT2D eigenvalue weighted by Crippen LogP contribution is -2.12. The van der Waals surface area contributed by atoms with E-state index in [2.05, 4.69) is 4.74 Å². The van der Waals surface area contributed by atoms with Gasteiger partial charge in [0.15, 0.2) is 6.79 Å².